The molecule has 0 aromatic heterocycles. The Morgan fingerprint density at radius 1 is 0.971 bits per heavy atom. The molecule has 2 aromatic carbocycles. The highest BCUT2D eigenvalue weighted by Gasteiger charge is 2.40. The largest absolute Gasteiger partial charge is 0.480 e. The van der Waals surface area contributed by atoms with Gasteiger partial charge in [0.05, 0.1) is 6.10 Å². The second-order valence-corrected chi connectivity index (χ2v) is 9.84. The predicted molar refractivity (Wildman–Crippen MR) is 128 cm³/mol. The highest BCUT2D eigenvalue weighted by Crippen LogP contribution is 2.44. The number of aliphatic hydroxyl groups excluding tert-OH is 1. The molecular formula is C27H30N2O6. The van der Waals surface area contributed by atoms with E-state index in [1.165, 1.54) is 16.0 Å². The lowest BCUT2D eigenvalue weighted by atomic mass is 9.98. The number of nitrogens with zero attached hydrogens (tertiary/aromatic N) is 1. The lowest BCUT2D eigenvalue weighted by molar-refractivity contribution is -0.148. The van der Waals surface area contributed by atoms with Crippen molar-refractivity contribution in [3.63, 3.8) is 0 Å². The molecule has 3 aliphatic rings. The van der Waals surface area contributed by atoms with Crippen molar-refractivity contribution in [3.8, 4) is 11.1 Å². The topological polar surface area (TPSA) is 116 Å². The van der Waals surface area contributed by atoms with E-state index in [0.29, 0.717) is 6.42 Å². The van der Waals surface area contributed by atoms with Gasteiger partial charge in [0.1, 0.15) is 12.6 Å². The molecule has 0 spiro atoms. The van der Waals surface area contributed by atoms with E-state index in [4.69, 9.17) is 4.74 Å². The summed E-state index contributed by atoms with van der Waals surface area (Å²) in [5.41, 5.74) is 4.67. The smallest absolute Gasteiger partial charge is 0.407 e. The van der Waals surface area contributed by atoms with Crippen molar-refractivity contribution in [1.29, 1.82) is 0 Å². The summed E-state index contributed by atoms with van der Waals surface area (Å²) in [6, 6.07) is 15.3. The maximum absolute atomic E-state index is 12.7. The molecule has 2 aromatic rings. The van der Waals surface area contributed by atoms with Crippen molar-refractivity contribution in [3.05, 3.63) is 59.7 Å². The van der Waals surface area contributed by atoms with Gasteiger partial charge >= 0.3 is 12.1 Å². The summed E-state index contributed by atoms with van der Waals surface area (Å²) in [7, 11) is 0. The van der Waals surface area contributed by atoms with Crippen LogP contribution in [-0.4, -0.2) is 64.4 Å². The van der Waals surface area contributed by atoms with Gasteiger partial charge in [-0.3, -0.25) is 4.79 Å². The first-order chi connectivity index (χ1) is 16.9. The zero-order valence-electron chi connectivity index (χ0n) is 19.4. The van der Waals surface area contributed by atoms with Gasteiger partial charge in [-0.25, -0.2) is 9.59 Å². The molecule has 8 nitrogen and oxygen atoms in total. The molecule has 2 amide bonds. The van der Waals surface area contributed by atoms with Crippen molar-refractivity contribution in [1.82, 2.24) is 10.2 Å². The van der Waals surface area contributed by atoms with Crippen LogP contribution < -0.4 is 5.32 Å². The van der Waals surface area contributed by atoms with Crippen LogP contribution >= 0.6 is 0 Å². The fourth-order valence-corrected chi connectivity index (χ4v) is 5.89. The third-order valence-corrected chi connectivity index (χ3v) is 7.55. The number of hydrogen-bond acceptors (Lipinski definition) is 5. The number of carbonyl (C=O) groups is 3. The number of carboxylic acid groups (broad SMARTS) is 1. The Hall–Kier alpha value is -3.39. The quantitative estimate of drug-likeness (QED) is 0.588. The van der Waals surface area contributed by atoms with Crippen molar-refractivity contribution in [2.24, 2.45) is 5.92 Å². The molecule has 2 aliphatic carbocycles. The van der Waals surface area contributed by atoms with Crippen LogP contribution in [0.4, 0.5) is 4.79 Å². The molecule has 1 aliphatic heterocycles. The molecule has 184 valence electrons. The van der Waals surface area contributed by atoms with Gasteiger partial charge in [-0.1, -0.05) is 48.5 Å². The van der Waals surface area contributed by atoms with Gasteiger partial charge in [0.2, 0.25) is 5.91 Å². The third kappa shape index (κ3) is 4.75. The number of rotatable bonds is 6. The van der Waals surface area contributed by atoms with Crippen molar-refractivity contribution >= 4 is 18.0 Å². The van der Waals surface area contributed by atoms with Crippen molar-refractivity contribution in [2.75, 3.05) is 13.2 Å². The molecule has 4 atom stereocenters. The van der Waals surface area contributed by atoms with Crippen molar-refractivity contribution in [2.45, 2.75) is 56.2 Å². The first-order valence-corrected chi connectivity index (χ1v) is 12.2. The van der Waals surface area contributed by atoms with Crippen LogP contribution in [0.25, 0.3) is 11.1 Å². The molecule has 3 N–H and O–H groups in total. The minimum atomic E-state index is -1.09. The van der Waals surface area contributed by atoms with E-state index in [9.17, 15) is 24.6 Å². The molecule has 5 rings (SSSR count). The summed E-state index contributed by atoms with van der Waals surface area (Å²) < 4.78 is 5.63. The van der Waals surface area contributed by atoms with Gasteiger partial charge in [0, 0.05) is 31.3 Å². The molecule has 2 fully saturated rings. The number of carboxylic acids is 1. The maximum atomic E-state index is 12.7. The number of fused-ring (bicyclic) bond motifs is 3. The first-order valence-electron chi connectivity index (χ1n) is 12.2. The second-order valence-electron chi connectivity index (χ2n) is 9.84. The number of aliphatic carboxylic acids is 1. The van der Waals surface area contributed by atoms with Gasteiger partial charge in [-0.15, -0.1) is 0 Å². The Morgan fingerprint density at radius 2 is 1.63 bits per heavy atom. The number of amides is 2. The van der Waals surface area contributed by atoms with E-state index in [0.717, 1.165) is 24.0 Å². The minimum absolute atomic E-state index is 0.0000843. The second kappa shape index (κ2) is 9.70. The number of alkyl carbamates (subject to hydrolysis) is 1. The standard InChI is InChI=1S/C27H30N2O6/c30-18-13-24(26(32)33)29(14-18)25(31)12-16-9-10-17(11-16)28-27(34)35-15-23-21-7-3-1-5-19(21)20-6-2-4-8-22(20)23/h1-8,16-18,23-24,30H,9-15H2,(H,28,34)(H,32,33)/t16-,17+,18+,24+/m1/s1. The van der Waals surface area contributed by atoms with E-state index in [-0.39, 0.29) is 49.8 Å². The molecule has 0 radical (unpaired) electrons. The zero-order valence-corrected chi connectivity index (χ0v) is 19.4. The fraction of sp³-hybridized carbons (Fsp3) is 0.444. The maximum Gasteiger partial charge on any atom is 0.407 e. The van der Waals surface area contributed by atoms with Crippen LogP contribution in [0.1, 0.15) is 49.1 Å². The lowest BCUT2D eigenvalue weighted by Crippen LogP contribution is -2.41. The Balaban J connectivity index is 1.12. The van der Waals surface area contributed by atoms with E-state index < -0.39 is 24.2 Å². The van der Waals surface area contributed by atoms with Crippen molar-refractivity contribution < 1.29 is 29.3 Å². The summed E-state index contributed by atoms with van der Waals surface area (Å²) >= 11 is 0. The monoisotopic (exact) mass is 478 g/mol. The first kappa shape index (κ1) is 23.4. The SMILES string of the molecule is O=C(N[C@H]1CC[C@@H](CC(=O)N2C[C@@H](O)C[C@H]2C(=O)O)C1)OCC1c2ccccc2-c2ccccc21. The number of β-amino-alcohol motifs (C(OH)–C–C–N with tert-alkyl or cyclic N) is 1. The Kier molecular flexibility index (Phi) is 6.47. The molecule has 0 unspecified atom stereocenters. The Labute approximate surface area is 203 Å². The van der Waals surface area contributed by atoms with E-state index >= 15 is 0 Å². The number of carbonyl (C=O) groups excluding carboxylic acids is 2. The van der Waals surface area contributed by atoms with Gasteiger partial charge in [0.15, 0.2) is 0 Å². The average Bonchev–Trinajstić information content (AvgIpc) is 3.53. The molecule has 0 bridgehead atoms. The summed E-state index contributed by atoms with van der Waals surface area (Å²) in [4.78, 5) is 37.9. The molecule has 8 heteroatoms. The lowest BCUT2D eigenvalue weighted by Gasteiger charge is -2.23. The van der Waals surface area contributed by atoms with Gasteiger partial charge in [0.25, 0.3) is 0 Å². The molecule has 35 heavy (non-hydrogen) atoms. The van der Waals surface area contributed by atoms with Crippen LogP contribution in [0.3, 0.4) is 0 Å². The number of hydrogen-bond donors (Lipinski definition) is 3. The average molecular weight is 479 g/mol. The van der Waals surface area contributed by atoms with E-state index in [2.05, 4.69) is 29.6 Å². The number of ether oxygens (including phenoxy) is 1. The molecule has 1 saturated heterocycles. The van der Waals surface area contributed by atoms with E-state index in [1.807, 2.05) is 24.3 Å². The number of nitrogens with one attached hydrogen (secondary N) is 1. The van der Waals surface area contributed by atoms with Gasteiger partial charge in [-0.2, -0.15) is 0 Å². The predicted octanol–water partition coefficient (Wildman–Crippen LogP) is 3.13. The van der Waals surface area contributed by atoms with Gasteiger partial charge < -0.3 is 25.2 Å². The van der Waals surface area contributed by atoms with Crippen LogP contribution in [0.15, 0.2) is 48.5 Å². The normalized spacial score (nSPS) is 25.2. The molecular weight excluding hydrogens is 448 g/mol. The number of aliphatic hydroxyl groups is 1. The Morgan fingerprint density at radius 3 is 2.29 bits per heavy atom. The molecule has 1 saturated carbocycles. The summed E-state index contributed by atoms with van der Waals surface area (Å²) in [6.07, 6.45) is 1.19. The number of benzene rings is 2. The van der Waals surface area contributed by atoms with E-state index in [1.54, 1.807) is 0 Å². The van der Waals surface area contributed by atoms with Crippen LogP contribution in [-0.2, 0) is 14.3 Å². The van der Waals surface area contributed by atoms with Crippen LogP contribution in [0, 0.1) is 5.92 Å². The minimum Gasteiger partial charge on any atom is -0.480 e. The van der Waals surface area contributed by atoms with Crippen LogP contribution in [0.5, 0.6) is 0 Å². The number of likely N-dealkylation sites (tertiary alicyclic amines) is 1. The summed E-state index contributed by atoms with van der Waals surface area (Å²) in [6.45, 7) is 0.312. The van der Waals surface area contributed by atoms with Crippen LogP contribution in [0.2, 0.25) is 0 Å². The molecule has 1 heterocycles. The highest BCUT2D eigenvalue weighted by atomic mass is 16.5. The highest BCUT2D eigenvalue weighted by molar-refractivity contribution is 5.84. The van der Waals surface area contributed by atoms with Gasteiger partial charge in [-0.05, 0) is 47.4 Å². The summed E-state index contributed by atoms with van der Waals surface area (Å²) in [5, 5.41) is 22.0. The Bertz CT molecular complexity index is 1090. The summed E-state index contributed by atoms with van der Waals surface area (Å²) in [5.74, 6) is -1.27. The zero-order chi connectivity index (χ0) is 24.5. The fourth-order valence-electron chi connectivity index (χ4n) is 5.89. The third-order valence-electron chi connectivity index (χ3n) is 7.55.